The second kappa shape index (κ2) is 10.8. The van der Waals surface area contributed by atoms with Crippen LogP contribution in [0.1, 0.15) is 18.1 Å². The van der Waals surface area contributed by atoms with Crippen molar-refractivity contribution >= 4 is 17.8 Å². The first-order valence-electron chi connectivity index (χ1n) is 9.74. The van der Waals surface area contributed by atoms with E-state index in [9.17, 15) is 9.18 Å². The molecular formula is C24H24FN3O2. The number of benzene rings is 3. The number of hydrogen-bond acceptors (Lipinski definition) is 4. The molecule has 0 bridgehead atoms. The van der Waals surface area contributed by atoms with Gasteiger partial charge in [0.25, 0.3) is 5.91 Å². The molecule has 3 rings (SSSR count). The molecule has 0 fully saturated rings. The maximum Gasteiger partial charge on any atom is 0.277 e. The Morgan fingerprint density at radius 3 is 2.43 bits per heavy atom. The normalized spacial score (nSPS) is 10.7. The summed E-state index contributed by atoms with van der Waals surface area (Å²) in [4.78, 5) is 14.1. The number of hydrogen-bond donors (Lipinski definition) is 1. The van der Waals surface area contributed by atoms with Crippen molar-refractivity contribution in [1.82, 2.24) is 5.43 Å². The molecule has 0 aliphatic rings. The lowest BCUT2D eigenvalue weighted by Crippen LogP contribution is -2.24. The van der Waals surface area contributed by atoms with E-state index in [0.717, 1.165) is 24.3 Å². The van der Waals surface area contributed by atoms with Crippen LogP contribution in [0.5, 0.6) is 5.75 Å². The number of halogens is 1. The average Bonchev–Trinajstić information content (AvgIpc) is 2.78. The third kappa shape index (κ3) is 6.17. The fraction of sp³-hybridized carbons (Fsp3) is 0.167. The number of rotatable bonds is 9. The van der Waals surface area contributed by atoms with Gasteiger partial charge in [0.15, 0.2) is 18.2 Å². The van der Waals surface area contributed by atoms with Crippen LogP contribution >= 0.6 is 0 Å². The average molecular weight is 405 g/mol. The van der Waals surface area contributed by atoms with Gasteiger partial charge in [-0.2, -0.15) is 5.10 Å². The van der Waals surface area contributed by atoms with Crippen LogP contribution in [0.25, 0.3) is 0 Å². The molecule has 0 aliphatic heterocycles. The maximum absolute atomic E-state index is 13.5. The summed E-state index contributed by atoms with van der Waals surface area (Å²) in [7, 11) is 0. The van der Waals surface area contributed by atoms with Gasteiger partial charge in [-0.25, -0.2) is 9.82 Å². The van der Waals surface area contributed by atoms with Crippen LogP contribution in [-0.4, -0.2) is 25.3 Å². The summed E-state index contributed by atoms with van der Waals surface area (Å²) in [5, 5.41) is 3.93. The Hall–Kier alpha value is -3.67. The predicted molar refractivity (Wildman–Crippen MR) is 117 cm³/mol. The summed E-state index contributed by atoms with van der Waals surface area (Å²) in [6.45, 7) is 3.53. The second-order valence-corrected chi connectivity index (χ2v) is 6.60. The molecule has 0 unspecified atom stereocenters. The highest BCUT2D eigenvalue weighted by molar-refractivity contribution is 5.83. The molecule has 154 valence electrons. The lowest BCUT2D eigenvalue weighted by molar-refractivity contribution is -0.123. The summed E-state index contributed by atoms with van der Waals surface area (Å²) in [6, 6.07) is 24.2. The van der Waals surface area contributed by atoms with Gasteiger partial charge in [0.05, 0.1) is 6.21 Å². The van der Waals surface area contributed by atoms with Gasteiger partial charge in [0, 0.05) is 18.8 Å². The SMILES string of the molecule is CCN(Cc1ccccc1)c1ccc(/C=N\NC(=O)COc2ccccc2F)cc1. The van der Waals surface area contributed by atoms with Crippen molar-refractivity contribution in [1.29, 1.82) is 0 Å². The smallest absolute Gasteiger partial charge is 0.277 e. The minimum atomic E-state index is -0.512. The Labute approximate surface area is 175 Å². The van der Waals surface area contributed by atoms with E-state index in [2.05, 4.69) is 34.5 Å². The van der Waals surface area contributed by atoms with Crippen LogP contribution in [0.2, 0.25) is 0 Å². The molecule has 1 amide bonds. The molecule has 0 saturated carbocycles. The van der Waals surface area contributed by atoms with E-state index in [0.29, 0.717) is 0 Å². The summed E-state index contributed by atoms with van der Waals surface area (Å²) >= 11 is 0. The Balaban J connectivity index is 1.50. The molecule has 0 aromatic heterocycles. The molecule has 3 aromatic rings. The van der Waals surface area contributed by atoms with E-state index in [1.54, 1.807) is 18.3 Å². The van der Waals surface area contributed by atoms with Crippen LogP contribution < -0.4 is 15.1 Å². The van der Waals surface area contributed by atoms with E-state index in [-0.39, 0.29) is 12.4 Å². The van der Waals surface area contributed by atoms with Gasteiger partial charge in [-0.05, 0) is 42.3 Å². The molecule has 0 saturated heterocycles. The second-order valence-electron chi connectivity index (χ2n) is 6.60. The van der Waals surface area contributed by atoms with Crippen molar-refractivity contribution in [2.24, 2.45) is 5.10 Å². The van der Waals surface area contributed by atoms with Gasteiger partial charge in [-0.1, -0.05) is 54.6 Å². The van der Waals surface area contributed by atoms with E-state index < -0.39 is 11.7 Å². The van der Waals surface area contributed by atoms with Crippen molar-refractivity contribution in [3.63, 3.8) is 0 Å². The van der Waals surface area contributed by atoms with Crippen LogP contribution in [0.4, 0.5) is 10.1 Å². The molecule has 30 heavy (non-hydrogen) atoms. The highest BCUT2D eigenvalue weighted by Crippen LogP contribution is 2.18. The number of carbonyl (C=O) groups is 1. The zero-order valence-electron chi connectivity index (χ0n) is 16.8. The van der Waals surface area contributed by atoms with Crippen molar-refractivity contribution in [2.45, 2.75) is 13.5 Å². The van der Waals surface area contributed by atoms with Gasteiger partial charge < -0.3 is 9.64 Å². The fourth-order valence-corrected chi connectivity index (χ4v) is 2.88. The molecule has 0 atom stereocenters. The number of nitrogens with zero attached hydrogens (tertiary/aromatic N) is 2. The van der Waals surface area contributed by atoms with Crippen molar-refractivity contribution in [2.75, 3.05) is 18.1 Å². The highest BCUT2D eigenvalue weighted by Gasteiger charge is 2.06. The van der Waals surface area contributed by atoms with E-state index >= 15 is 0 Å². The Morgan fingerprint density at radius 2 is 1.73 bits per heavy atom. The van der Waals surface area contributed by atoms with Crippen LogP contribution in [0, 0.1) is 5.82 Å². The summed E-state index contributed by atoms with van der Waals surface area (Å²) in [6.07, 6.45) is 1.55. The van der Waals surface area contributed by atoms with Gasteiger partial charge >= 0.3 is 0 Å². The monoisotopic (exact) mass is 405 g/mol. The van der Waals surface area contributed by atoms with Crippen LogP contribution in [0.15, 0.2) is 84.0 Å². The molecule has 5 nitrogen and oxygen atoms in total. The largest absolute Gasteiger partial charge is 0.481 e. The minimum Gasteiger partial charge on any atom is -0.481 e. The van der Waals surface area contributed by atoms with E-state index in [4.69, 9.17) is 4.74 Å². The lowest BCUT2D eigenvalue weighted by atomic mass is 10.1. The summed E-state index contributed by atoms with van der Waals surface area (Å²) in [5.41, 5.74) is 5.59. The van der Waals surface area contributed by atoms with Crippen LogP contribution in [-0.2, 0) is 11.3 Å². The molecular weight excluding hydrogens is 381 g/mol. The third-order valence-electron chi connectivity index (χ3n) is 4.45. The number of nitrogens with one attached hydrogen (secondary N) is 1. The number of hydrazone groups is 1. The Morgan fingerprint density at radius 1 is 1.03 bits per heavy atom. The molecule has 6 heteroatoms. The fourth-order valence-electron chi connectivity index (χ4n) is 2.88. The topological polar surface area (TPSA) is 53.9 Å². The zero-order chi connectivity index (χ0) is 21.2. The lowest BCUT2D eigenvalue weighted by Gasteiger charge is -2.23. The first kappa shape index (κ1) is 21.0. The Kier molecular flexibility index (Phi) is 7.55. The van der Waals surface area contributed by atoms with Crippen LogP contribution in [0.3, 0.4) is 0 Å². The highest BCUT2D eigenvalue weighted by atomic mass is 19.1. The number of amides is 1. The molecule has 0 heterocycles. The molecule has 3 aromatic carbocycles. The molecule has 0 aliphatic carbocycles. The molecule has 0 spiro atoms. The first-order chi connectivity index (χ1) is 14.7. The number of carbonyl (C=O) groups excluding carboxylic acids is 1. The standard InChI is InChI=1S/C24H24FN3O2/c1-2-28(17-20-8-4-3-5-9-20)21-14-12-19(13-15-21)16-26-27-24(29)18-30-23-11-7-6-10-22(23)25/h3-16H,2,17-18H2,1H3,(H,27,29)/b26-16-. The maximum atomic E-state index is 13.5. The first-order valence-corrected chi connectivity index (χ1v) is 9.74. The summed E-state index contributed by atoms with van der Waals surface area (Å²) < 4.78 is 18.6. The minimum absolute atomic E-state index is 0.0307. The Bertz CT molecular complexity index is 975. The van der Waals surface area contributed by atoms with Gasteiger partial charge in [0.2, 0.25) is 0 Å². The number of ether oxygens (including phenoxy) is 1. The predicted octanol–water partition coefficient (Wildman–Crippen LogP) is 4.38. The van der Waals surface area contributed by atoms with Gasteiger partial charge in [0.1, 0.15) is 0 Å². The summed E-state index contributed by atoms with van der Waals surface area (Å²) in [5.74, 6) is -0.948. The van der Waals surface area contributed by atoms with Crippen molar-refractivity contribution < 1.29 is 13.9 Å². The van der Waals surface area contributed by atoms with E-state index in [1.807, 2.05) is 42.5 Å². The quantitative estimate of drug-likeness (QED) is 0.425. The van der Waals surface area contributed by atoms with Crippen molar-refractivity contribution in [3.05, 3.63) is 95.8 Å². The van der Waals surface area contributed by atoms with E-state index in [1.165, 1.54) is 17.7 Å². The van der Waals surface area contributed by atoms with Gasteiger partial charge in [-0.15, -0.1) is 0 Å². The van der Waals surface area contributed by atoms with Gasteiger partial charge in [-0.3, -0.25) is 4.79 Å². The number of para-hydroxylation sites is 1. The third-order valence-corrected chi connectivity index (χ3v) is 4.45. The molecule has 0 radical (unpaired) electrons. The number of anilines is 1. The zero-order valence-corrected chi connectivity index (χ0v) is 16.8. The van der Waals surface area contributed by atoms with Crippen molar-refractivity contribution in [3.8, 4) is 5.75 Å². The molecule has 1 N–H and O–H groups in total.